The summed E-state index contributed by atoms with van der Waals surface area (Å²) in [5.41, 5.74) is -0.0125. The summed E-state index contributed by atoms with van der Waals surface area (Å²) in [4.78, 5) is 16.5. The molecule has 0 unspecified atom stereocenters. The Balaban J connectivity index is 1.66. The van der Waals surface area contributed by atoms with Crippen molar-refractivity contribution in [3.63, 3.8) is 0 Å². The van der Waals surface area contributed by atoms with Crippen LogP contribution in [0.3, 0.4) is 0 Å². The fourth-order valence-electron chi connectivity index (χ4n) is 2.96. The number of benzene rings is 1. The molecule has 1 aromatic heterocycles. The van der Waals surface area contributed by atoms with E-state index in [1.807, 2.05) is 0 Å². The van der Waals surface area contributed by atoms with Crippen LogP contribution in [0.1, 0.15) is 23.2 Å². The molecule has 1 amide bonds. The van der Waals surface area contributed by atoms with Gasteiger partial charge in [0.15, 0.2) is 0 Å². The summed E-state index contributed by atoms with van der Waals surface area (Å²) < 4.78 is 44.0. The number of aromatic nitrogens is 1. The molecule has 2 N–H and O–H groups in total. The van der Waals surface area contributed by atoms with E-state index in [-0.39, 0.29) is 39.2 Å². The fraction of sp³-hybridized carbons (Fsp3) is 0.333. The molecule has 2 aliphatic rings. The van der Waals surface area contributed by atoms with E-state index in [2.05, 4.69) is 15.0 Å². The van der Waals surface area contributed by atoms with Gasteiger partial charge in [0.1, 0.15) is 28.6 Å². The number of sulfonamides is 1. The van der Waals surface area contributed by atoms with Crippen molar-refractivity contribution >= 4 is 21.6 Å². The number of hydrogen-bond acceptors (Lipinski definition) is 7. The van der Waals surface area contributed by atoms with Crippen molar-refractivity contribution in [3.8, 4) is 17.4 Å². The van der Waals surface area contributed by atoms with E-state index < -0.39 is 10.0 Å². The van der Waals surface area contributed by atoms with Gasteiger partial charge < -0.3 is 19.5 Å². The zero-order valence-electron chi connectivity index (χ0n) is 15.3. The van der Waals surface area contributed by atoms with Gasteiger partial charge in [0, 0.05) is 6.07 Å². The molecule has 1 spiro atoms. The number of carbonyl (C=O) groups excluding carboxylic acids is 1. The van der Waals surface area contributed by atoms with E-state index >= 15 is 0 Å². The number of hydrogen-bond donors (Lipinski definition) is 2. The normalized spacial score (nSPS) is 17.0. The average molecular weight is 405 g/mol. The first kappa shape index (κ1) is 18.4. The molecule has 1 aliphatic heterocycles. The minimum atomic E-state index is -4.02. The molecule has 9 nitrogen and oxygen atoms in total. The molecule has 10 heteroatoms. The summed E-state index contributed by atoms with van der Waals surface area (Å²) in [5.74, 6) is 0.372. The van der Waals surface area contributed by atoms with Gasteiger partial charge in [-0.05, 0) is 31.0 Å². The minimum absolute atomic E-state index is 0.0954. The van der Waals surface area contributed by atoms with E-state index in [9.17, 15) is 13.2 Å². The van der Waals surface area contributed by atoms with Crippen molar-refractivity contribution in [2.24, 2.45) is 0 Å². The van der Waals surface area contributed by atoms with Crippen LogP contribution in [0.2, 0.25) is 0 Å². The van der Waals surface area contributed by atoms with Gasteiger partial charge in [0.05, 0.1) is 31.6 Å². The van der Waals surface area contributed by atoms with Crippen molar-refractivity contribution in [1.29, 1.82) is 0 Å². The van der Waals surface area contributed by atoms with E-state index in [1.165, 1.54) is 38.6 Å². The molecule has 28 heavy (non-hydrogen) atoms. The van der Waals surface area contributed by atoms with E-state index in [0.717, 1.165) is 12.8 Å². The van der Waals surface area contributed by atoms with Crippen LogP contribution >= 0.6 is 0 Å². The van der Waals surface area contributed by atoms with Gasteiger partial charge in [0.25, 0.3) is 15.9 Å². The van der Waals surface area contributed by atoms with Gasteiger partial charge in [-0.15, -0.1) is 0 Å². The molecule has 1 fully saturated rings. The number of anilines is 1. The van der Waals surface area contributed by atoms with Crippen LogP contribution in [0.25, 0.3) is 0 Å². The Morgan fingerprint density at radius 3 is 2.68 bits per heavy atom. The quantitative estimate of drug-likeness (QED) is 0.775. The maximum Gasteiger partial charge on any atom is 0.265 e. The molecule has 1 aliphatic carbocycles. The van der Waals surface area contributed by atoms with Crippen molar-refractivity contribution < 1.29 is 27.4 Å². The third-order valence-corrected chi connectivity index (χ3v) is 6.13. The predicted octanol–water partition coefficient (Wildman–Crippen LogP) is 1.55. The van der Waals surface area contributed by atoms with E-state index in [1.54, 1.807) is 6.07 Å². The van der Waals surface area contributed by atoms with Crippen molar-refractivity contribution in [2.75, 3.05) is 25.5 Å². The fourth-order valence-corrected chi connectivity index (χ4v) is 4.18. The summed E-state index contributed by atoms with van der Waals surface area (Å²) in [6.07, 6.45) is 3.00. The lowest BCUT2D eigenvalue weighted by atomic mass is 10.2. The Morgan fingerprint density at radius 1 is 1.21 bits per heavy atom. The van der Waals surface area contributed by atoms with E-state index in [4.69, 9.17) is 14.2 Å². The smallest absolute Gasteiger partial charge is 0.265 e. The lowest BCUT2D eigenvalue weighted by Crippen LogP contribution is -2.38. The van der Waals surface area contributed by atoms with Crippen LogP contribution in [0.5, 0.6) is 17.4 Å². The highest BCUT2D eigenvalue weighted by molar-refractivity contribution is 7.92. The highest BCUT2D eigenvalue weighted by atomic mass is 32.2. The first-order chi connectivity index (χ1) is 13.4. The molecule has 0 bridgehead atoms. The molecule has 1 saturated carbocycles. The molecule has 0 saturated heterocycles. The summed E-state index contributed by atoms with van der Waals surface area (Å²) in [6, 6.07) is 5.85. The first-order valence-electron chi connectivity index (χ1n) is 8.56. The second-order valence-corrected chi connectivity index (χ2v) is 8.37. The van der Waals surface area contributed by atoms with Crippen molar-refractivity contribution in [1.82, 2.24) is 10.3 Å². The van der Waals surface area contributed by atoms with Crippen LogP contribution in [0, 0.1) is 0 Å². The van der Waals surface area contributed by atoms with Gasteiger partial charge in [-0.2, -0.15) is 0 Å². The summed E-state index contributed by atoms with van der Waals surface area (Å²) in [5, 5.41) is 2.92. The maximum atomic E-state index is 12.9. The topological polar surface area (TPSA) is 116 Å². The summed E-state index contributed by atoms with van der Waals surface area (Å²) in [7, 11) is -1.21. The number of nitrogens with one attached hydrogen (secondary N) is 2. The van der Waals surface area contributed by atoms with Crippen LogP contribution in [0.15, 0.2) is 35.4 Å². The second-order valence-electron chi connectivity index (χ2n) is 6.72. The van der Waals surface area contributed by atoms with Crippen LogP contribution in [-0.2, 0) is 10.0 Å². The molecule has 148 valence electrons. The summed E-state index contributed by atoms with van der Waals surface area (Å²) >= 11 is 0. The van der Waals surface area contributed by atoms with Crippen molar-refractivity contribution in [2.45, 2.75) is 23.3 Å². The largest absolute Gasteiger partial charge is 0.497 e. The van der Waals surface area contributed by atoms with E-state index in [0.29, 0.717) is 12.4 Å². The van der Waals surface area contributed by atoms with Gasteiger partial charge in [-0.3, -0.25) is 9.52 Å². The maximum absolute atomic E-state index is 12.9. The second kappa shape index (κ2) is 6.55. The lowest BCUT2D eigenvalue weighted by Gasteiger charge is -2.13. The first-order valence-corrected chi connectivity index (χ1v) is 10.0. The number of rotatable bonds is 5. The van der Waals surface area contributed by atoms with Crippen LogP contribution < -0.4 is 24.2 Å². The number of pyridine rings is 1. The Labute approximate surface area is 162 Å². The Kier molecular flexibility index (Phi) is 4.30. The SMILES string of the molecule is COc1ccc(OC)c(S(=O)(=O)Nc2cnc3c(c2)C(=O)NC2(CC2)CO3)c1. The molecular formula is C18H19N3O6S. The minimum Gasteiger partial charge on any atom is -0.497 e. The Morgan fingerprint density at radius 2 is 2.00 bits per heavy atom. The van der Waals surface area contributed by atoms with Gasteiger partial charge in [0.2, 0.25) is 5.88 Å². The number of fused-ring (bicyclic) bond motifs is 1. The number of nitrogens with zero attached hydrogens (tertiary/aromatic N) is 1. The van der Waals surface area contributed by atoms with Crippen LogP contribution in [-0.4, -0.2) is 45.7 Å². The highest BCUT2D eigenvalue weighted by Crippen LogP contribution is 2.39. The van der Waals surface area contributed by atoms with Gasteiger partial charge in [-0.1, -0.05) is 0 Å². The zero-order chi connectivity index (χ0) is 19.9. The highest BCUT2D eigenvalue weighted by Gasteiger charge is 2.47. The molecular weight excluding hydrogens is 386 g/mol. The standard InChI is InChI=1S/C18H19N3O6S/c1-25-12-3-4-14(26-2)15(8-12)28(23,24)21-11-7-13-16(22)20-18(5-6-18)10-27-17(13)19-9-11/h3-4,7-9,21H,5-6,10H2,1-2H3,(H,20,22). The molecule has 0 atom stereocenters. The predicted molar refractivity (Wildman–Crippen MR) is 99.5 cm³/mol. The molecule has 1 aromatic carbocycles. The third-order valence-electron chi connectivity index (χ3n) is 4.73. The zero-order valence-corrected chi connectivity index (χ0v) is 16.1. The molecule has 0 radical (unpaired) electrons. The lowest BCUT2D eigenvalue weighted by molar-refractivity contribution is 0.0932. The average Bonchev–Trinajstić information content (AvgIpc) is 3.47. The summed E-state index contributed by atoms with van der Waals surface area (Å²) in [6.45, 7) is 0.352. The number of methoxy groups -OCH3 is 2. The van der Waals surface area contributed by atoms with Gasteiger partial charge >= 0.3 is 0 Å². The number of amides is 1. The number of ether oxygens (including phenoxy) is 3. The Bertz CT molecular complexity index is 1050. The monoisotopic (exact) mass is 405 g/mol. The Hall–Kier alpha value is -3.01. The molecule has 2 heterocycles. The molecule has 2 aromatic rings. The third kappa shape index (κ3) is 3.31. The van der Waals surface area contributed by atoms with Crippen LogP contribution in [0.4, 0.5) is 5.69 Å². The van der Waals surface area contributed by atoms with Gasteiger partial charge in [-0.25, -0.2) is 13.4 Å². The van der Waals surface area contributed by atoms with Crippen molar-refractivity contribution in [3.05, 3.63) is 36.0 Å². The number of carbonyl (C=O) groups is 1. The molecule has 4 rings (SSSR count).